The van der Waals surface area contributed by atoms with Crippen LogP contribution in [0.3, 0.4) is 0 Å². The molecule has 17 N–H and O–H groups in total. The van der Waals surface area contributed by atoms with Gasteiger partial charge in [-0.1, -0.05) is 72.2 Å². The summed E-state index contributed by atoms with van der Waals surface area (Å²) >= 11 is 0. The molecule has 2 aliphatic heterocycles. The van der Waals surface area contributed by atoms with Crippen LogP contribution in [0, 0.1) is 5.92 Å². The van der Waals surface area contributed by atoms with Gasteiger partial charge in [-0.2, -0.15) is 0 Å². The number of nitrogens with two attached hydrogens (primary N) is 4. The summed E-state index contributed by atoms with van der Waals surface area (Å²) in [7, 11) is 2.03. The summed E-state index contributed by atoms with van der Waals surface area (Å²) in [6.45, 7) is 2.90. The minimum absolute atomic E-state index is 0.0202. The summed E-state index contributed by atoms with van der Waals surface area (Å²) in [5.74, 6) is -10.5. The van der Waals surface area contributed by atoms with Gasteiger partial charge >= 0.3 is 0 Å². The summed E-state index contributed by atoms with van der Waals surface area (Å²) in [6.07, 6.45) is 0.672. The van der Waals surface area contributed by atoms with Gasteiger partial charge in [-0.3, -0.25) is 52.7 Å². The Kier molecular flexibility index (Phi) is 21.7. The predicted octanol–water partition coefficient (Wildman–Crippen LogP) is -2.93. The van der Waals surface area contributed by atoms with Crippen LogP contribution in [-0.2, 0) is 65.6 Å². The van der Waals surface area contributed by atoms with Gasteiger partial charge < -0.3 is 75.1 Å². The molecule has 1 aromatic heterocycles. The number of carbonyl (C=O) groups excluding carboxylic acids is 11. The lowest BCUT2D eigenvalue weighted by Gasteiger charge is -2.31. The van der Waals surface area contributed by atoms with Gasteiger partial charge in [0, 0.05) is 54.4 Å². The van der Waals surface area contributed by atoms with Crippen molar-refractivity contribution in [1.82, 2.24) is 47.1 Å². The molecule has 25 nitrogen and oxygen atoms in total. The smallest absolute Gasteiger partial charge is 0.246 e. The third-order valence-corrected chi connectivity index (χ3v) is 15.1. The molecule has 2 aliphatic rings. The molecule has 9 atom stereocenters. The van der Waals surface area contributed by atoms with E-state index in [1.807, 2.05) is 18.2 Å². The molecular weight excluding hydrogens is 1010 g/mol. The van der Waals surface area contributed by atoms with Gasteiger partial charge in [0.05, 0.1) is 19.0 Å². The number of rotatable bonds is 17. The van der Waals surface area contributed by atoms with Crippen LogP contribution in [0.25, 0.3) is 10.9 Å². The van der Waals surface area contributed by atoms with Crippen molar-refractivity contribution in [2.24, 2.45) is 28.9 Å². The number of aromatic hydroxyl groups is 1. The highest BCUT2D eigenvalue weighted by Gasteiger charge is 2.41. The molecule has 5 rings (SSSR count). The Morgan fingerprint density at radius 2 is 1.44 bits per heavy atom. The van der Waals surface area contributed by atoms with Crippen LogP contribution >= 0.6 is 21.6 Å². The Morgan fingerprint density at radius 1 is 0.787 bits per heavy atom. The zero-order valence-corrected chi connectivity index (χ0v) is 43.0. The van der Waals surface area contributed by atoms with Crippen molar-refractivity contribution >= 4 is 97.5 Å². The second kappa shape index (κ2) is 27.8. The monoisotopic (exact) mass is 1080 g/mol. The van der Waals surface area contributed by atoms with E-state index in [2.05, 4.69) is 42.2 Å². The van der Waals surface area contributed by atoms with E-state index in [1.54, 1.807) is 26.1 Å². The SMILES string of the molecule is CC[C@H](C)[C@@H]1NC(=O)[C@H](Cc2ccc(O)cc2)NC(=O)[C@@H](N)CSSC[C@@H](C(=O)N2CCC[C@H]2C(=O)N[C@@H](Cc2c[nH]c3ccccc23)C(=O)NCC(N)=O)NC(=O)[C@@H](CC(N)=O)NC(=O)[C@H](CCC(N)=O)NC1=O. The fourth-order valence-electron chi connectivity index (χ4n) is 8.37. The largest absolute Gasteiger partial charge is 0.508 e. The first-order chi connectivity index (χ1) is 35.6. The maximum Gasteiger partial charge on any atom is 0.246 e. The number of phenols is 1. The third-order valence-electron chi connectivity index (χ3n) is 12.7. The lowest BCUT2D eigenvalue weighted by molar-refractivity contribution is -0.142. The van der Waals surface area contributed by atoms with Crippen molar-refractivity contribution in [3.8, 4) is 5.75 Å². The number of fused-ring (bicyclic) bond motifs is 1. The molecule has 27 heteroatoms. The minimum Gasteiger partial charge on any atom is -0.508 e. The number of para-hydroxylation sites is 1. The zero-order chi connectivity index (χ0) is 54.9. The summed E-state index contributed by atoms with van der Waals surface area (Å²) in [4.78, 5) is 153. The number of nitrogens with zero attached hydrogens (tertiary/aromatic N) is 1. The summed E-state index contributed by atoms with van der Waals surface area (Å²) in [5, 5.41) is 28.7. The van der Waals surface area contributed by atoms with Gasteiger partial charge in [-0.15, -0.1) is 0 Å². The quantitative estimate of drug-likeness (QED) is 0.0602. The number of likely N-dealkylation sites (tertiary alicyclic amines) is 1. The topological polar surface area (TPSA) is 415 Å². The van der Waals surface area contributed by atoms with Crippen molar-refractivity contribution in [2.75, 3.05) is 24.6 Å². The molecule has 11 amide bonds. The Labute approximate surface area is 439 Å². The number of aromatic nitrogens is 1. The van der Waals surface area contributed by atoms with Gasteiger partial charge in [0.1, 0.15) is 48.0 Å². The van der Waals surface area contributed by atoms with E-state index in [1.165, 1.54) is 29.2 Å². The Balaban J connectivity index is 1.46. The van der Waals surface area contributed by atoms with Gasteiger partial charge in [0.15, 0.2) is 0 Å². The number of hydrogen-bond acceptors (Lipinski definition) is 15. The van der Waals surface area contributed by atoms with E-state index >= 15 is 0 Å². The average molecular weight is 1080 g/mol. The number of hydrogen-bond donors (Lipinski definition) is 13. The number of amides is 11. The number of phenolic OH excluding ortho intramolecular Hbond substituents is 1. The minimum atomic E-state index is -1.77. The molecule has 2 aromatic carbocycles. The van der Waals surface area contributed by atoms with Gasteiger partial charge in [-0.25, -0.2) is 0 Å². The highest BCUT2D eigenvalue weighted by Crippen LogP contribution is 2.26. The molecule has 2 saturated heterocycles. The molecule has 0 unspecified atom stereocenters. The number of H-pyrrole nitrogens is 1. The molecule has 0 radical (unpaired) electrons. The standard InChI is InChI=1S/C48H65N13O12S2/c1-3-24(2)40-47(72)55-31(14-15-37(50)63)43(68)57-34(19-38(51)64)44(69)59-35(23-75-74-22-29(49)41(66)56-32(45(70)60-40)17-25-10-12-27(62)13-11-25)48(73)61-16-6-9-36(61)46(71)58-33(42(67)54-21-39(52)65)18-26-20-53-30-8-5-4-7-28(26)30/h4-5,7-8,10-13,20,24,29,31-36,40,53,62H,3,6,9,14-19,21-23,49H2,1-2H3,(H2,50,63)(H2,51,64)(H2,52,65)(H,54,67)(H,55,72)(H,56,66)(H,57,68)(H,58,71)(H,59,69)(H,60,70)/t24-,29-,31-,32-,33-,34+,35-,36-,40-/m0/s1. The van der Waals surface area contributed by atoms with Crippen molar-refractivity contribution in [3.63, 3.8) is 0 Å². The fraction of sp³-hybridized carbons (Fsp3) is 0.479. The molecule has 0 saturated carbocycles. The number of nitrogens with one attached hydrogen (secondary N) is 8. The maximum absolute atomic E-state index is 14.7. The summed E-state index contributed by atoms with van der Waals surface area (Å²) < 4.78 is 0. The number of primary amides is 3. The Hall–Kier alpha value is -7.39. The molecular formula is C48H65N13O12S2. The van der Waals surface area contributed by atoms with Crippen LogP contribution < -0.4 is 60.2 Å². The molecule has 0 bridgehead atoms. The average Bonchev–Trinajstić information content (AvgIpc) is 4.04. The predicted molar refractivity (Wildman–Crippen MR) is 277 cm³/mol. The molecule has 406 valence electrons. The first-order valence-electron chi connectivity index (χ1n) is 24.2. The van der Waals surface area contributed by atoms with Crippen molar-refractivity contribution < 1.29 is 57.8 Å². The Morgan fingerprint density at radius 3 is 2.12 bits per heavy atom. The van der Waals surface area contributed by atoms with E-state index in [0.717, 1.165) is 32.5 Å². The first kappa shape index (κ1) is 58.5. The van der Waals surface area contributed by atoms with Crippen LogP contribution in [0.15, 0.2) is 54.7 Å². The number of aromatic amines is 1. The van der Waals surface area contributed by atoms with E-state index < -0.39 is 145 Å². The normalized spacial score (nSPS) is 23.3. The fourth-order valence-corrected chi connectivity index (χ4v) is 10.6. The highest BCUT2D eigenvalue weighted by atomic mass is 33.1. The summed E-state index contributed by atoms with van der Waals surface area (Å²) in [6, 6.07) is 1.91. The second-order valence-electron chi connectivity index (χ2n) is 18.3. The van der Waals surface area contributed by atoms with E-state index in [-0.39, 0.29) is 43.1 Å². The lowest BCUT2D eigenvalue weighted by Crippen LogP contribution is -2.61. The van der Waals surface area contributed by atoms with Crippen LogP contribution in [0.2, 0.25) is 0 Å². The van der Waals surface area contributed by atoms with Crippen LogP contribution in [0.4, 0.5) is 0 Å². The van der Waals surface area contributed by atoms with Gasteiger partial charge in [-0.05, 0) is 54.5 Å². The molecule has 0 spiro atoms. The molecule has 0 aliphatic carbocycles. The van der Waals surface area contributed by atoms with E-state index in [9.17, 15) is 57.8 Å². The molecule has 2 fully saturated rings. The summed E-state index contributed by atoms with van der Waals surface area (Å²) in [5.41, 5.74) is 24.6. The van der Waals surface area contributed by atoms with Crippen LogP contribution in [-0.4, -0.2) is 153 Å². The van der Waals surface area contributed by atoms with Crippen molar-refractivity contribution in [2.45, 2.75) is 114 Å². The maximum atomic E-state index is 14.7. The van der Waals surface area contributed by atoms with Gasteiger partial charge in [0.25, 0.3) is 0 Å². The van der Waals surface area contributed by atoms with Gasteiger partial charge in [0.2, 0.25) is 65.0 Å². The van der Waals surface area contributed by atoms with Crippen LogP contribution in [0.1, 0.15) is 63.5 Å². The first-order valence-corrected chi connectivity index (χ1v) is 26.7. The second-order valence-corrected chi connectivity index (χ2v) is 20.9. The molecule has 75 heavy (non-hydrogen) atoms. The Bertz CT molecular complexity index is 2600. The van der Waals surface area contributed by atoms with Crippen molar-refractivity contribution in [3.05, 3.63) is 65.9 Å². The van der Waals surface area contributed by atoms with E-state index in [4.69, 9.17) is 22.9 Å². The zero-order valence-electron chi connectivity index (χ0n) is 41.4. The molecule has 3 heterocycles. The van der Waals surface area contributed by atoms with Crippen LogP contribution in [0.5, 0.6) is 5.75 Å². The number of carbonyl (C=O) groups is 11. The number of benzene rings is 2. The third kappa shape index (κ3) is 17.1. The lowest BCUT2D eigenvalue weighted by atomic mass is 9.96. The highest BCUT2D eigenvalue weighted by molar-refractivity contribution is 8.76. The van der Waals surface area contributed by atoms with Crippen molar-refractivity contribution in [1.29, 1.82) is 0 Å². The van der Waals surface area contributed by atoms with E-state index in [0.29, 0.717) is 24.0 Å². The molecule has 3 aromatic rings.